The molecule has 2 aromatic heterocycles. The number of carbonyl (C=O) groups excluding carboxylic acids is 2. The van der Waals surface area contributed by atoms with Crippen LogP contribution >= 0.6 is 0 Å². The van der Waals surface area contributed by atoms with Gasteiger partial charge in [-0.3, -0.25) is 9.59 Å². The monoisotopic (exact) mass is 393 g/mol. The van der Waals surface area contributed by atoms with Gasteiger partial charge in [0.25, 0.3) is 11.8 Å². The number of nitrogens with one attached hydrogen (secondary N) is 2. The van der Waals surface area contributed by atoms with Crippen molar-refractivity contribution in [2.24, 2.45) is 0 Å². The van der Waals surface area contributed by atoms with Crippen LogP contribution in [-0.4, -0.2) is 35.0 Å². The highest BCUT2D eigenvalue weighted by atomic mass is 16.5. The molecule has 150 valence electrons. The molecule has 2 N–H and O–H groups in total. The molecule has 2 heterocycles. The zero-order chi connectivity index (χ0) is 20.8. The summed E-state index contributed by atoms with van der Waals surface area (Å²) in [4.78, 5) is 31.2. The van der Waals surface area contributed by atoms with Crippen LogP contribution in [0, 0.1) is 6.92 Å². The van der Waals surface area contributed by atoms with Crippen molar-refractivity contribution < 1.29 is 14.1 Å². The average molecular weight is 393 g/mol. The highest BCUT2D eigenvalue weighted by Gasteiger charge is 2.14. The minimum Gasteiger partial charge on any atom is -0.372 e. The molecule has 1 aromatic carbocycles. The van der Waals surface area contributed by atoms with Crippen molar-refractivity contribution in [3.05, 3.63) is 65.7 Å². The molecule has 0 spiro atoms. The van der Waals surface area contributed by atoms with E-state index in [4.69, 9.17) is 4.52 Å². The lowest BCUT2D eigenvalue weighted by molar-refractivity contribution is 0.101. The summed E-state index contributed by atoms with van der Waals surface area (Å²) in [6.45, 7) is 7.74. The molecule has 0 radical (unpaired) electrons. The van der Waals surface area contributed by atoms with Gasteiger partial charge in [0.15, 0.2) is 5.82 Å². The van der Waals surface area contributed by atoms with E-state index in [1.165, 1.54) is 6.07 Å². The first-order valence-electron chi connectivity index (χ1n) is 9.38. The number of anilines is 3. The van der Waals surface area contributed by atoms with Crippen molar-refractivity contribution in [2.75, 3.05) is 28.6 Å². The summed E-state index contributed by atoms with van der Waals surface area (Å²) in [5.74, 6) is -0.00473. The molecule has 29 heavy (non-hydrogen) atoms. The number of hydrogen-bond acceptors (Lipinski definition) is 6. The van der Waals surface area contributed by atoms with Crippen molar-refractivity contribution in [2.45, 2.75) is 20.8 Å². The maximum Gasteiger partial charge on any atom is 0.275 e. The number of carbonyl (C=O) groups is 2. The average Bonchev–Trinajstić information content (AvgIpc) is 3.14. The molecule has 0 aliphatic rings. The molecule has 0 unspecified atom stereocenters. The maximum atomic E-state index is 12.5. The van der Waals surface area contributed by atoms with Gasteiger partial charge in [-0.05, 0) is 57.2 Å². The van der Waals surface area contributed by atoms with Gasteiger partial charge in [0.2, 0.25) is 0 Å². The predicted molar refractivity (Wildman–Crippen MR) is 111 cm³/mol. The molecule has 3 rings (SSSR count). The highest BCUT2D eigenvalue weighted by Crippen LogP contribution is 2.18. The lowest BCUT2D eigenvalue weighted by Crippen LogP contribution is -2.21. The Bertz CT molecular complexity index is 994. The fraction of sp³-hybridized carbons (Fsp3) is 0.238. The van der Waals surface area contributed by atoms with Gasteiger partial charge in [-0.1, -0.05) is 11.2 Å². The maximum absolute atomic E-state index is 12.5. The van der Waals surface area contributed by atoms with Crippen LogP contribution < -0.4 is 15.5 Å². The van der Waals surface area contributed by atoms with E-state index in [0.717, 1.165) is 18.8 Å². The molecule has 8 heteroatoms. The van der Waals surface area contributed by atoms with Gasteiger partial charge < -0.3 is 20.1 Å². The zero-order valence-electron chi connectivity index (χ0n) is 16.6. The summed E-state index contributed by atoms with van der Waals surface area (Å²) < 4.78 is 4.91. The van der Waals surface area contributed by atoms with Gasteiger partial charge >= 0.3 is 0 Å². The van der Waals surface area contributed by atoms with Crippen molar-refractivity contribution >= 4 is 29.0 Å². The molecule has 8 nitrogen and oxygen atoms in total. The van der Waals surface area contributed by atoms with Gasteiger partial charge in [-0.25, -0.2) is 4.98 Å². The van der Waals surface area contributed by atoms with Crippen LogP contribution in [0.4, 0.5) is 17.2 Å². The topological polar surface area (TPSA) is 100 Å². The Morgan fingerprint density at radius 2 is 1.59 bits per heavy atom. The van der Waals surface area contributed by atoms with E-state index in [1.54, 1.807) is 25.1 Å². The zero-order valence-corrected chi connectivity index (χ0v) is 16.6. The van der Waals surface area contributed by atoms with E-state index >= 15 is 0 Å². The molecule has 0 aliphatic carbocycles. The quantitative estimate of drug-likeness (QED) is 0.634. The number of rotatable bonds is 7. The van der Waals surface area contributed by atoms with Crippen LogP contribution in [0.15, 0.2) is 53.1 Å². The molecule has 2 amide bonds. The van der Waals surface area contributed by atoms with Crippen LogP contribution in [-0.2, 0) is 0 Å². The molecule has 0 atom stereocenters. The number of aromatic nitrogens is 2. The van der Waals surface area contributed by atoms with Crippen molar-refractivity contribution in [3.63, 3.8) is 0 Å². The van der Waals surface area contributed by atoms with Crippen LogP contribution in [0.3, 0.4) is 0 Å². The smallest absolute Gasteiger partial charge is 0.275 e. The summed E-state index contributed by atoms with van der Waals surface area (Å²) in [7, 11) is 0. The van der Waals surface area contributed by atoms with Gasteiger partial charge in [0.05, 0.1) is 0 Å². The Labute approximate surface area is 168 Å². The van der Waals surface area contributed by atoms with E-state index in [-0.39, 0.29) is 17.2 Å². The molecule has 0 saturated heterocycles. The minimum absolute atomic E-state index is 0.107. The summed E-state index contributed by atoms with van der Waals surface area (Å²) in [5.41, 5.74) is 1.99. The minimum atomic E-state index is -0.475. The van der Waals surface area contributed by atoms with E-state index < -0.39 is 11.8 Å². The fourth-order valence-corrected chi connectivity index (χ4v) is 2.83. The normalized spacial score (nSPS) is 10.4. The van der Waals surface area contributed by atoms with Gasteiger partial charge in [0.1, 0.15) is 17.1 Å². The Kier molecular flexibility index (Phi) is 6.23. The van der Waals surface area contributed by atoms with Crippen molar-refractivity contribution in [1.82, 2.24) is 10.1 Å². The summed E-state index contributed by atoms with van der Waals surface area (Å²) in [5, 5.41) is 9.09. The molecular formula is C21H23N5O3. The van der Waals surface area contributed by atoms with Gasteiger partial charge in [-0.15, -0.1) is 0 Å². The Balaban J connectivity index is 1.68. The summed E-state index contributed by atoms with van der Waals surface area (Å²) >= 11 is 0. The van der Waals surface area contributed by atoms with Crippen molar-refractivity contribution in [3.8, 4) is 0 Å². The third kappa shape index (κ3) is 4.98. The first-order chi connectivity index (χ1) is 14.0. The Morgan fingerprint density at radius 1 is 0.966 bits per heavy atom. The Hall–Kier alpha value is -3.68. The number of amides is 2. The van der Waals surface area contributed by atoms with Gasteiger partial charge in [0, 0.05) is 30.5 Å². The van der Waals surface area contributed by atoms with Gasteiger partial charge in [-0.2, -0.15) is 0 Å². The van der Waals surface area contributed by atoms with Crippen LogP contribution in [0.25, 0.3) is 0 Å². The van der Waals surface area contributed by atoms with E-state index in [1.807, 2.05) is 24.3 Å². The second kappa shape index (κ2) is 9.01. The van der Waals surface area contributed by atoms with Crippen LogP contribution in [0.5, 0.6) is 0 Å². The summed E-state index contributed by atoms with van der Waals surface area (Å²) in [6, 6.07) is 13.9. The molecule has 0 aliphatic heterocycles. The SMILES string of the molecule is CCN(CC)c1ccc(NC(=O)c2cccc(C(=O)Nc3cc(C)on3)n2)cc1. The predicted octanol–water partition coefficient (Wildman–Crippen LogP) is 3.73. The number of benzene rings is 1. The first kappa shape index (κ1) is 20.1. The number of pyridine rings is 1. The third-order valence-corrected chi connectivity index (χ3v) is 4.34. The van der Waals surface area contributed by atoms with Crippen molar-refractivity contribution in [1.29, 1.82) is 0 Å². The first-order valence-corrected chi connectivity index (χ1v) is 9.38. The molecular weight excluding hydrogens is 370 g/mol. The lowest BCUT2D eigenvalue weighted by atomic mass is 10.2. The molecule has 0 fully saturated rings. The Morgan fingerprint density at radius 3 is 2.14 bits per heavy atom. The second-order valence-corrected chi connectivity index (χ2v) is 6.36. The molecule has 3 aromatic rings. The third-order valence-electron chi connectivity index (χ3n) is 4.34. The summed E-state index contributed by atoms with van der Waals surface area (Å²) in [6.07, 6.45) is 0. The van der Waals surface area contributed by atoms with Crippen LogP contribution in [0.1, 0.15) is 40.6 Å². The largest absolute Gasteiger partial charge is 0.372 e. The molecule has 0 saturated carbocycles. The lowest BCUT2D eigenvalue weighted by Gasteiger charge is -2.21. The van der Waals surface area contributed by atoms with E-state index in [9.17, 15) is 9.59 Å². The number of hydrogen-bond donors (Lipinski definition) is 2. The van der Waals surface area contributed by atoms with E-state index in [0.29, 0.717) is 11.4 Å². The number of nitrogens with zero attached hydrogens (tertiary/aromatic N) is 3. The fourth-order valence-electron chi connectivity index (χ4n) is 2.83. The number of aryl methyl sites for hydroxylation is 1. The van der Waals surface area contributed by atoms with Crippen LogP contribution in [0.2, 0.25) is 0 Å². The molecule has 0 bridgehead atoms. The standard InChI is InChI=1S/C21H23N5O3/c1-4-26(5-2)16-11-9-15(10-12-16)22-20(27)17-7-6-8-18(23-17)21(28)24-19-13-14(3)29-25-19/h6-13H,4-5H2,1-3H3,(H,22,27)(H,24,25,28). The second-order valence-electron chi connectivity index (χ2n) is 6.36. The van der Waals surface area contributed by atoms with E-state index in [2.05, 4.69) is 39.5 Å². The highest BCUT2D eigenvalue weighted by molar-refractivity contribution is 6.05.